The zero-order valence-corrected chi connectivity index (χ0v) is 24.0. The first-order valence-corrected chi connectivity index (χ1v) is 14.9. The van der Waals surface area contributed by atoms with Gasteiger partial charge >= 0.3 is 0 Å². The van der Waals surface area contributed by atoms with Crippen LogP contribution in [0.1, 0.15) is 12.6 Å². The Morgan fingerprint density at radius 3 is 1.70 bits per heavy atom. The molecular formula is C41H30N2. The lowest BCUT2D eigenvalue weighted by atomic mass is 9.85. The quantitative estimate of drug-likeness (QED) is 0.221. The molecule has 1 aliphatic heterocycles. The lowest BCUT2D eigenvalue weighted by Gasteiger charge is -2.18. The van der Waals surface area contributed by atoms with Gasteiger partial charge in [-0.2, -0.15) is 0 Å². The van der Waals surface area contributed by atoms with Crippen molar-refractivity contribution in [2.75, 3.05) is 6.54 Å². The molecule has 7 aromatic rings. The molecule has 1 aliphatic rings. The second-order valence-electron chi connectivity index (χ2n) is 11.3. The highest BCUT2D eigenvalue weighted by atomic mass is 14.8. The number of benzene rings is 6. The standard InChI is InChI=1S/C41H30N2/c1-27-25-42-22-21-34(27)39-20-19-33(26-43-39)31-16-15-30-24-32(18-17-29(30)23-31)41-37-13-7-5-11-35(37)40(28-9-3-2-4-10-28)36-12-6-8-14-38(36)41/h2-21,23-26,42H,22H2,1H3. The van der Waals surface area contributed by atoms with Gasteiger partial charge in [-0.1, -0.05) is 115 Å². The molecule has 0 unspecified atom stereocenters. The van der Waals surface area contributed by atoms with Crippen LogP contribution in [0.4, 0.5) is 0 Å². The van der Waals surface area contributed by atoms with E-state index in [-0.39, 0.29) is 0 Å². The molecular weight excluding hydrogens is 520 g/mol. The van der Waals surface area contributed by atoms with Crippen molar-refractivity contribution in [3.8, 4) is 33.4 Å². The van der Waals surface area contributed by atoms with Crippen LogP contribution in [0.3, 0.4) is 0 Å². The number of fused-ring (bicyclic) bond motifs is 3. The van der Waals surface area contributed by atoms with Crippen LogP contribution in [0.2, 0.25) is 0 Å². The number of hydrogen-bond donors (Lipinski definition) is 1. The van der Waals surface area contributed by atoms with Gasteiger partial charge in [0.1, 0.15) is 0 Å². The first-order chi connectivity index (χ1) is 21.2. The van der Waals surface area contributed by atoms with E-state index >= 15 is 0 Å². The summed E-state index contributed by atoms with van der Waals surface area (Å²) in [6.07, 6.45) is 6.26. The van der Waals surface area contributed by atoms with Gasteiger partial charge in [0.15, 0.2) is 0 Å². The second kappa shape index (κ2) is 10.4. The van der Waals surface area contributed by atoms with Gasteiger partial charge in [0.25, 0.3) is 0 Å². The highest BCUT2D eigenvalue weighted by Gasteiger charge is 2.16. The monoisotopic (exact) mass is 550 g/mol. The highest BCUT2D eigenvalue weighted by Crippen LogP contribution is 2.44. The van der Waals surface area contributed by atoms with Gasteiger partial charge in [0.2, 0.25) is 0 Å². The zero-order valence-electron chi connectivity index (χ0n) is 24.0. The van der Waals surface area contributed by atoms with E-state index in [2.05, 4.69) is 152 Å². The van der Waals surface area contributed by atoms with Crippen molar-refractivity contribution in [3.05, 3.63) is 157 Å². The third-order valence-electron chi connectivity index (χ3n) is 8.66. The maximum absolute atomic E-state index is 4.81. The summed E-state index contributed by atoms with van der Waals surface area (Å²) in [4.78, 5) is 4.81. The van der Waals surface area contributed by atoms with Crippen molar-refractivity contribution in [2.45, 2.75) is 6.92 Å². The van der Waals surface area contributed by atoms with Crippen LogP contribution in [0.5, 0.6) is 0 Å². The van der Waals surface area contributed by atoms with Crippen molar-refractivity contribution in [1.82, 2.24) is 10.3 Å². The number of aromatic nitrogens is 1. The smallest absolute Gasteiger partial charge is 0.0703 e. The average molecular weight is 551 g/mol. The van der Waals surface area contributed by atoms with Crippen molar-refractivity contribution in [3.63, 3.8) is 0 Å². The lowest BCUT2D eigenvalue weighted by molar-refractivity contribution is 0.957. The van der Waals surface area contributed by atoms with Gasteiger partial charge in [-0.05, 0) is 90.8 Å². The number of pyridine rings is 1. The Labute approximate surface area is 251 Å². The maximum atomic E-state index is 4.81. The third kappa shape index (κ3) is 4.40. The molecule has 8 rings (SSSR count). The number of allylic oxidation sites excluding steroid dienone is 2. The van der Waals surface area contributed by atoms with Crippen LogP contribution in [0.15, 0.2) is 151 Å². The normalized spacial score (nSPS) is 13.1. The Kier molecular flexibility index (Phi) is 6.12. The lowest BCUT2D eigenvalue weighted by Crippen LogP contribution is -2.11. The molecule has 2 heteroatoms. The molecule has 0 amide bonds. The highest BCUT2D eigenvalue weighted by molar-refractivity contribution is 6.21. The third-order valence-corrected chi connectivity index (χ3v) is 8.66. The topological polar surface area (TPSA) is 24.9 Å². The predicted molar refractivity (Wildman–Crippen MR) is 183 cm³/mol. The van der Waals surface area contributed by atoms with Crippen molar-refractivity contribution < 1.29 is 0 Å². The van der Waals surface area contributed by atoms with E-state index in [9.17, 15) is 0 Å². The Balaban J connectivity index is 1.23. The molecule has 2 nitrogen and oxygen atoms in total. The van der Waals surface area contributed by atoms with Gasteiger partial charge in [0, 0.05) is 30.1 Å². The SMILES string of the molecule is CC1=CNCC=C1c1ccc(-c2ccc3cc(-c4c5ccccc5c(-c5ccccc5)c5ccccc45)ccc3c2)cn1. The van der Waals surface area contributed by atoms with Gasteiger partial charge in [-0.25, -0.2) is 0 Å². The van der Waals surface area contributed by atoms with Crippen LogP contribution < -0.4 is 5.32 Å². The zero-order chi connectivity index (χ0) is 28.8. The molecule has 0 radical (unpaired) electrons. The minimum atomic E-state index is 0.839. The molecule has 0 atom stereocenters. The summed E-state index contributed by atoms with van der Waals surface area (Å²) in [5.41, 5.74) is 10.8. The molecule has 0 spiro atoms. The first kappa shape index (κ1) is 25.3. The molecule has 0 saturated carbocycles. The van der Waals surface area contributed by atoms with Crippen LogP contribution in [-0.2, 0) is 0 Å². The minimum Gasteiger partial charge on any atom is -0.387 e. The summed E-state index contributed by atoms with van der Waals surface area (Å²) in [7, 11) is 0. The maximum Gasteiger partial charge on any atom is 0.0703 e. The van der Waals surface area contributed by atoms with E-state index in [0.29, 0.717) is 0 Å². The number of nitrogens with zero attached hydrogens (tertiary/aromatic N) is 1. The fraction of sp³-hybridized carbons (Fsp3) is 0.0488. The van der Waals surface area contributed by atoms with E-state index in [1.165, 1.54) is 71.3 Å². The van der Waals surface area contributed by atoms with E-state index in [1.807, 2.05) is 6.20 Å². The summed E-state index contributed by atoms with van der Waals surface area (Å²) in [5, 5.41) is 10.8. The summed E-state index contributed by atoms with van der Waals surface area (Å²) in [6.45, 7) is 2.96. The van der Waals surface area contributed by atoms with E-state index in [0.717, 1.165) is 17.8 Å². The Morgan fingerprint density at radius 1 is 0.535 bits per heavy atom. The molecule has 0 aliphatic carbocycles. The average Bonchev–Trinajstić information content (AvgIpc) is 3.07. The minimum absolute atomic E-state index is 0.839. The molecule has 1 N–H and O–H groups in total. The Bertz CT molecular complexity index is 2160. The summed E-state index contributed by atoms with van der Waals surface area (Å²) in [6, 6.07) is 46.4. The molecule has 0 saturated heterocycles. The molecule has 0 fully saturated rings. The largest absolute Gasteiger partial charge is 0.387 e. The van der Waals surface area contributed by atoms with Crippen LogP contribution in [-0.4, -0.2) is 11.5 Å². The Hall–Kier alpha value is -5.47. The first-order valence-electron chi connectivity index (χ1n) is 14.9. The number of hydrogen-bond acceptors (Lipinski definition) is 2. The fourth-order valence-corrected chi connectivity index (χ4v) is 6.58. The van der Waals surface area contributed by atoms with Crippen molar-refractivity contribution in [2.24, 2.45) is 0 Å². The van der Waals surface area contributed by atoms with E-state index < -0.39 is 0 Å². The van der Waals surface area contributed by atoms with Crippen molar-refractivity contribution in [1.29, 1.82) is 0 Å². The molecule has 43 heavy (non-hydrogen) atoms. The van der Waals surface area contributed by atoms with Gasteiger partial charge < -0.3 is 5.32 Å². The summed E-state index contributed by atoms with van der Waals surface area (Å²) in [5.74, 6) is 0. The van der Waals surface area contributed by atoms with Crippen LogP contribution >= 0.6 is 0 Å². The second-order valence-corrected chi connectivity index (χ2v) is 11.3. The van der Waals surface area contributed by atoms with Crippen LogP contribution in [0.25, 0.3) is 71.3 Å². The number of nitrogens with one attached hydrogen (secondary N) is 1. The molecule has 1 aromatic heterocycles. The molecule has 2 heterocycles. The molecule has 6 aromatic carbocycles. The Morgan fingerprint density at radius 2 is 1.09 bits per heavy atom. The van der Waals surface area contributed by atoms with Gasteiger partial charge in [-0.3, -0.25) is 4.98 Å². The van der Waals surface area contributed by atoms with Gasteiger partial charge in [-0.15, -0.1) is 0 Å². The van der Waals surface area contributed by atoms with E-state index in [1.54, 1.807) is 0 Å². The summed E-state index contributed by atoms with van der Waals surface area (Å²) >= 11 is 0. The molecule has 0 bridgehead atoms. The summed E-state index contributed by atoms with van der Waals surface area (Å²) < 4.78 is 0. The van der Waals surface area contributed by atoms with Crippen molar-refractivity contribution >= 4 is 37.9 Å². The number of rotatable bonds is 4. The van der Waals surface area contributed by atoms with Crippen LogP contribution in [0, 0.1) is 0 Å². The predicted octanol–water partition coefficient (Wildman–Crippen LogP) is 10.4. The van der Waals surface area contributed by atoms with Gasteiger partial charge in [0.05, 0.1) is 5.69 Å². The fourth-order valence-electron chi connectivity index (χ4n) is 6.58. The van der Waals surface area contributed by atoms with E-state index in [4.69, 9.17) is 4.98 Å². The molecule has 204 valence electrons. The number of dihydropyridines is 1.